The number of imide groups is 1. The van der Waals surface area contributed by atoms with Crippen LogP contribution in [0.4, 0.5) is 4.79 Å². The lowest BCUT2D eigenvalue weighted by atomic mass is 10.4. The van der Waals surface area contributed by atoms with E-state index in [0.29, 0.717) is 4.31 Å². The minimum absolute atomic E-state index is 0.184. The van der Waals surface area contributed by atoms with Crippen molar-refractivity contribution in [1.82, 2.24) is 19.4 Å². The molecule has 3 amide bonds. The van der Waals surface area contributed by atoms with Crippen LogP contribution in [-0.2, 0) is 31.3 Å². The lowest BCUT2D eigenvalue weighted by molar-refractivity contribution is -0.114. The lowest BCUT2D eigenvalue weighted by Gasteiger charge is -2.32. The number of hydrogen-bond donors (Lipinski definition) is 3. The van der Waals surface area contributed by atoms with Gasteiger partial charge in [0.05, 0.1) is 13.3 Å². The standard InChI is InChI=1S/C13H16N6O8S/c1-18-11(6(5-15-18)12(21)22)28(24,25)19-8(27-3)4-7(26-2)16-9(19)10(20)17-13(14)23/h4-5,8H,1-3H3,(H,21,22)(H3,14,17,20,23). The molecular formula is C13H16N6O8S. The van der Waals surface area contributed by atoms with E-state index in [1.807, 2.05) is 0 Å². The molecule has 1 aliphatic heterocycles. The molecular weight excluding hydrogens is 400 g/mol. The first-order valence-corrected chi connectivity index (χ1v) is 8.76. The summed E-state index contributed by atoms with van der Waals surface area (Å²) in [5.41, 5.74) is 4.26. The first-order chi connectivity index (χ1) is 13.0. The molecule has 0 aromatic carbocycles. The van der Waals surface area contributed by atoms with Gasteiger partial charge in [0, 0.05) is 20.2 Å². The fourth-order valence-corrected chi connectivity index (χ4v) is 4.08. The Kier molecular flexibility index (Phi) is 5.70. The van der Waals surface area contributed by atoms with E-state index >= 15 is 0 Å². The number of aliphatic imine (C=N–C) groups is 1. The summed E-state index contributed by atoms with van der Waals surface area (Å²) in [6.45, 7) is 0. The van der Waals surface area contributed by atoms with E-state index in [1.165, 1.54) is 14.2 Å². The SMILES string of the molecule is COC1=CC(OC)N(S(=O)(=O)c2c(C(=O)O)cnn2C)C(C(=O)NC(N)=O)=N1. The summed E-state index contributed by atoms with van der Waals surface area (Å²) in [7, 11) is -1.23. The second-order valence-corrected chi connectivity index (χ2v) is 6.91. The third kappa shape index (κ3) is 3.65. The summed E-state index contributed by atoms with van der Waals surface area (Å²) < 4.78 is 37.6. The monoisotopic (exact) mass is 416 g/mol. The molecule has 0 radical (unpaired) electrons. The number of nitrogens with two attached hydrogens (primary N) is 1. The van der Waals surface area contributed by atoms with Crippen LogP contribution in [0.1, 0.15) is 10.4 Å². The average Bonchev–Trinajstić information content (AvgIpc) is 3.02. The van der Waals surface area contributed by atoms with E-state index in [1.54, 1.807) is 5.32 Å². The summed E-state index contributed by atoms with van der Waals surface area (Å²) >= 11 is 0. The number of rotatable bonds is 6. The van der Waals surface area contributed by atoms with Crippen LogP contribution in [0, 0.1) is 0 Å². The van der Waals surface area contributed by atoms with Crippen LogP contribution in [0.25, 0.3) is 0 Å². The van der Waals surface area contributed by atoms with Crippen LogP contribution in [0.5, 0.6) is 0 Å². The van der Waals surface area contributed by atoms with Crippen molar-refractivity contribution >= 4 is 33.8 Å². The number of carboxylic acids is 1. The van der Waals surface area contributed by atoms with Crippen LogP contribution >= 0.6 is 0 Å². The number of primary amides is 1. The fraction of sp³-hybridized carbons (Fsp3) is 0.308. The quantitative estimate of drug-likeness (QED) is 0.478. The Morgan fingerprint density at radius 2 is 1.96 bits per heavy atom. The van der Waals surface area contributed by atoms with Crippen molar-refractivity contribution < 1.29 is 37.4 Å². The number of nitrogens with zero attached hydrogens (tertiary/aromatic N) is 4. The molecule has 15 heteroatoms. The highest BCUT2D eigenvalue weighted by Gasteiger charge is 2.43. The predicted octanol–water partition coefficient (Wildman–Crippen LogP) is -1.82. The number of methoxy groups -OCH3 is 2. The molecule has 2 rings (SSSR count). The molecule has 0 saturated heterocycles. The maximum Gasteiger partial charge on any atom is 0.340 e. The second-order valence-electron chi connectivity index (χ2n) is 5.18. The Hall–Kier alpha value is -3.46. The molecule has 0 aliphatic carbocycles. The van der Waals surface area contributed by atoms with E-state index in [4.69, 9.17) is 15.2 Å². The van der Waals surface area contributed by atoms with Crippen molar-refractivity contribution in [1.29, 1.82) is 0 Å². The van der Waals surface area contributed by atoms with E-state index in [2.05, 4.69) is 10.1 Å². The topological polar surface area (TPSA) is 196 Å². The summed E-state index contributed by atoms with van der Waals surface area (Å²) in [4.78, 5) is 38.5. The number of amidine groups is 1. The van der Waals surface area contributed by atoms with Gasteiger partial charge in [0.25, 0.3) is 15.9 Å². The number of carbonyl (C=O) groups is 3. The Bertz CT molecular complexity index is 995. The van der Waals surface area contributed by atoms with Gasteiger partial charge in [0.2, 0.25) is 11.7 Å². The van der Waals surface area contributed by atoms with Gasteiger partial charge in [-0.2, -0.15) is 18.5 Å². The zero-order chi connectivity index (χ0) is 21.2. The molecule has 1 aromatic rings. The number of aromatic nitrogens is 2. The van der Waals surface area contributed by atoms with Crippen LogP contribution in [0.15, 0.2) is 28.2 Å². The largest absolute Gasteiger partial charge is 0.481 e. The van der Waals surface area contributed by atoms with E-state index in [0.717, 1.165) is 24.1 Å². The number of ether oxygens (including phenoxy) is 2. The van der Waals surface area contributed by atoms with Crippen LogP contribution in [-0.4, -0.2) is 71.8 Å². The normalized spacial score (nSPS) is 16.8. The molecule has 1 aromatic heterocycles. The molecule has 4 N–H and O–H groups in total. The molecule has 1 aliphatic rings. The summed E-state index contributed by atoms with van der Waals surface area (Å²) in [5.74, 6) is -3.86. The number of urea groups is 1. The van der Waals surface area contributed by atoms with E-state index in [9.17, 15) is 27.9 Å². The molecule has 0 bridgehead atoms. The van der Waals surface area contributed by atoms with Crippen molar-refractivity contribution in [2.45, 2.75) is 11.3 Å². The fourth-order valence-electron chi connectivity index (χ4n) is 2.32. The second kappa shape index (κ2) is 7.65. The van der Waals surface area contributed by atoms with Gasteiger partial charge in [-0.3, -0.25) is 14.8 Å². The molecule has 0 fully saturated rings. The molecule has 2 heterocycles. The maximum absolute atomic E-state index is 13.2. The first kappa shape index (κ1) is 20.8. The van der Waals surface area contributed by atoms with Gasteiger partial charge in [-0.15, -0.1) is 0 Å². The number of aryl methyl sites for hydroxylation is 1. The van der Waals surface area contributed by atoms with E-state index < -0.39 is 50.6 Å². The Labute approximate surface area is 158 Å². The molecule has 1 atom stereocenters. The number of aromatic carboxylic acids is 1. The number of hydrogen-bond acceptors (Lipinski definition) is 9. The highest BCUT2D eigenvalue weighted by molar-refractivity contribution is 7.89. The summed E-state index contributed by atoms with van der Waals surface area (Å²) in [6, 6.07) is -1.26. The van der Waals surface area contributed by atoms with Crippen molar-refractivity contribution in [3.8, 4) is 0 Å². The zero-order valence-corrected chi connectivity index (χ0v) is 15.6. The molecule has 1 unspecified atom stereocenters. The Balaban J connectivity index is 2.71. The van der Waals surface area contributed by atoms with Gasteiger partial charge in [0.15, 0.2) is 11.3 Å². The molecule has 0 saturated carbocycles. The Morgan fingerprint density at radius 3 is 2.46 bits per heavy atom. The minimum atomic E-state index is -4.76. The van der Waals surface area contributed by atoms with Gasteiger partial charge in [-0.25, -0.2) is 13.9 Å². The third-order valence-electron chi connectivity index (χ3n) is 3.45. The van der Waals surface area contributed by atoms with Gasteiger partial charge < -0.3 is 20.3 Å². The number of nitrogens with one attached hydrogen (secondary N) is 1. The third-order valence-corrected chi connectivity index (χ3v) is 5.32. The van der Waals surface area contributed by atoms with Gasteiger partial charge in [0.1, 0.15) is 5.56 Å². The van der Waals surface area contributed by atoms with Crippen molar-refractivity contribution in [2.75, 3.05) is 14.2 Å². The van der Waals surface area contributed by atoms with E-state index in [-0.39, 0.29) is 5.88 Å². The molecule has 152 valence electrons. The highest BCUT2D eigenvalue weighted by atomic mass is 32.2. The molecule has 28 heavy (non-hydrogen) atoms. The summed E-state index contributed by atoms with van der Waals surface area (Å²) in [5, 5.41) is 13.8. The van der Waals surface area contributed by atoms with Gasteiger partial charge in [-0.05, 0) is 0 Å². The lowest BCUT2D eigenvalue weighted by Crippen LogP contribution is -2.54. The Morgan fingerprint density at radius 1 is 1.32 bits per heavy atom. The van der Waals surface area contributed by atoms with Crippen molar-refractivity contribution in [2.24, 2.45) is 17.8 Å². The summed E-state index contributed by atoms with van der Waals surface area (Å²) in [6.07, 6.45) is 0.496. The first-order valence-electron chi connectivity index (χ1n) is 7.32. The molecule has 14 nitrogen and oxygen atoms in total. The zero-order valence-electron chi connectivity index (χ0n) is 14.8. The van der Waals surface area contributed by atoms with Crippen LogP contribution in [0.2, 0.25) is 0 Å². The predicted molar refractivity (Wildman–Crippen MR) is 90.2 cm³/mol. The average molecular weight is 416 g/mol. The molecule has 0 spiro atoms. The van der Waals surface area contributed by atoms with Crippen molar-refractivity contribution in [3.63, 3.8) is 0 Å². The van der Waals surface area contributed by atoms with Crippen LogP contribution < -0.4 is 11.1 Å². The number of carbonyl (C=O) groups excluding carboxylic acids is 2. The van der Waals surface area contributed by atoms with Gasteiger partial charge >= 0.3 is 12.0 Å². The number of sulfonamides is 1. The number of carboxylic acid groups (broad SMARTS) is 1. The van der Waals surface area contributed by atoms with Crippen molar-refractivity contribution in [3.05, 3.63) is 23.7 Å². The maximum atomic E-state index is 13.2. The smallest absolute Gasteiger partial charge is 0.340 e. The van der Waals surface area contributed by atoms with Gasteiger partial charge in [-0.1, -0.05) is 0 Å². The number of amides is 3. The van der Waals surface area contributed by atoms with Crippen LogP contribution in [0.3, 0.4) is 0 Å². The highest BCUT2D eigenvalue weighted by Crippen LogP contribution is 2.27. The minimum Gasteiger partial charge on any atom is -0.481 e.